The molecule has 4 aromatic rings. The van der Waals surface area contributed by atoms with E-state index in [1.807, 2.05) is 30.3 Å². The Balaban J connectivity index is 1.89. The van der Waals surface area contributed by atoms with Crippen LogP contribution in [-0.4, -0.2) is 49.1 Å². The minimum Gasteiger partial charge on any atom is -0.493 e. The van der Waals surface area contributed by atoms with E-state index in [-0.39, 0.29) is 18.0 Å². The van der Waals surface area contributed by atoms with Gasteiger partial charge in [0.15, 0.2) is 11.5 Å². The number of nitrogens with zero attached hydrogens (tertiary/aromatic N) is 2. The number of ether oxygens (including phenoxy) is 4. The van der Waals surface area contributed by atoms with E-state index in [2.05, 4.69) is 4.98 Å². The molecule has 3 heterocycles. The fourth-order valence-corrected chi connectivity index (χ4v) is 3.80. The van der Waals surface area contributed by atoms with Crippen LogP contribution in [0.1, 0.15) is 33.3 Å². The Bertz CT molecular complexity index is 1340. The first-order valence-corrected chi connectivity index (χ1v) is 10.6. The number of pyridine rings is 2. The number of rotatable bonds is 8. The maximum atomic E-state index is 13.6. The lowest BCUT2D eigenvalue weighted by atomic mass is 10.1. The van der Waals surface area contributed by atoms with Gasteiger partial charge in [-0.05, 0) is 49.4 Å². The highest BCUT2D eigenvalue weighted by Crippen LogP contribution is 2.39. The summed E-state index contributed by atoms with van der Waals surface area (Å²) >= 11 is 0. The third-order valence-electron chi connectivity index (χ3n) is 5.39. The maximum absolute atomic E-state index is 13.6. The van der Waals surface area contributed by atoms with Gasteiger partial charge in [0.2, 0.25) is 11.5 Å². The molecule has 0 bridgehead atoms. The summed E-state index contributed by atoms with van der Waals surface area (Å²) in [7, 11) is 4.46. The summed E-state index contributed by atoms with van der Waals surface area (Å²) in [5.74, 6) is 0.259. The van der Waals surface area contributed by atoms with Crippen LogP contribution < -0.4 is 14.2 Å². The smallest absolute Gasteiger partial charge is 0.340 e. The number of benzene rings is 1. The number of methoxy groups -OCH3 is 3. The molecule has 0 saturated carbocycles. The molecule has 0 spiro atoms. The molecule has 4 rings (SSSR count). The minimum atomic E-state index is -0.512. The topological polar surface area (TPSA) is 88.4 Å². The van der Waals surface area contributed by atoms with Crippen molar-refractivity contribution in [2.24, 2.45) is 0 Å². The quantitative estimate of drug-likeness (QED) is 0.284. The Labute approximate surface area is 196 Å². The van der Waals surface area contributed by atoms with Crippen LogP contribution in [0.15, 0.2) is 60.9 Å². The second-order valence-electron chi connectivity index (χ2n) is 7.29. The van der Waals surface area contributed by atoms with Crippen molar-refractivity contribution in [3.8, 4) is 28.5 Å². The molecule has 1 aromatic carbocycles. The van der Waals surface area contributed by atoms with Gasteiger partial charge in [0.25, 0.3) is 0 Å². The van der Waals surface area contributed by atoms with Crippen molar-refractivity contribution in [3.63, 3.8) is 0 Å². The molecule has 0 aliphatic carbocycles. The van der Waals surface area contributed by atoms with Crippen LogP contribution >= 0.6 is 0 Å². The third-order valence-corrected chi connectivity index (χ3v) is 5.39. The molecule has 0 fully saturated rings. The van der Waals surface area contributed by atoms with E-state index >= 15 is 0 Å². The monoisotopic (exact) mass is 460 g/mol. The summed E-state index contributed by atoms with van der Waals surface area (Å²) in [6.45, 7) is 1.95. The number of hydrogen-bond donors (Lipinski definition) is 0. The fourth-order valence-electron chi connectivity index (χ4n) is 3.80. The van der Waals surface area contributed by atoms with Gasteiger partial charge in [-0.1, -0.05) is 6.07 Å². The van der Waals surface area contributed by atoms with Crippen LogP contribution in [0.3, 0.4) is 0 Å². The van der Waals surface area contributed by atoms with Gasteiger partial charge >= 0.3 is 5.97 Å². The lowest BCUT2D eigenvalue weighted by molar-refractivity contribution is 0.0529. The molecule has 8 heteroatoms. The van der Waals surface area contributed by atoms with Crippen LogP contribution in [0.25, 0.3) is 16.8 Å². The predicted molar refractivity (Wildman–Crippen MR) is 126 cm³/mol. The van der Waals surface area contributed by atoms with Gasteiger partial charge in [0.1, 0.15) is 0 Å². The molecule has 34 heavy (non-hydrogen) atoms. The van der Waals surface area contributed by atoms with E-state index in [4.69, 9.17) is 18.9 Å². The summed E-state index contributed by atoms with van der Waals surface area (Å²) < 4.78 is 23.0. The lowest BCUT2D eigenvalue weighted by Crippen LogP contribution is -2.07. The largest absolute Gasteiger partial charge is 0.493 e. The first kappa shape index (κ1) is 22.8. The van der Waals surface area contributed by atoms with Gasteiger partial charge in [-0.25, -0.2) is 4.79 Å². The minimum absolute atomic E-state index is 0.215. The normalized spacial score (nSPS) is 10.7. The molecule has 0 unspecified atom stereocenters. The summed E-state index contributed by atoms with van der Waals surface area (Å²) in [6.07, 6.45) is 3.44. The van der Waals surface area contributed by atoms with E-state index in [9.17, 15) is 9.59 Å². The number of aromatic nitrogens is 2. The Morgan fingerprint density at radius 3 is 2.26 bits per heavy atom. The average Bonchev–Trinajstić information content (AvgIpc) is 3.27. The SMILES string of the molecule is CCOC(=O)c1cc(C(=O)c2cc(OC)c(OC)c(OC)c2)n2ccc(-c3ccccn3)cc12. The zero-order valence-corrected chi connectivity index (χ0v) is 19.3. The predicted octanol–water partition coefficient (Wildman–Crippen LogP) is 4.43. The fraction of sp³-hybridized carbons (Fsp3) is 0.192. The molecule has 0 atom stereocenters. The molecule has 0 radical (unpaired) electrons. The number of carbonyl (C=O) groups excluding carboxylic acids is 2. The lowest BCUT2D eigenvalue weighted by Gasteiger charge is -2.13. The summed E-state index contributed by atoms with van der Waals surface area (Å²) in [4.78, 5) is 30.7. The number of hydrogen-bond acceptors (Lipinski definition) is 7. The van der Waals surface area contributed by atoms with Gasteiger partial charge in [-0.15, -0.1) is 0 Å². The Kier molecular flexibility index (Phi) is 6.49. The number of esters is 1. The first-order chi connectivity index (χ1) is 16.5. The number of carbonyl (C=O) groups is 2. The van der Waals surface area contributed by atoms with E-state index < -0.39 is 5.97 Å². The van der Waals surface area contributed by atoms with E-state index in [0.29, 0.717) is 34.0 Å². The van der Waals surface area contributed by atoms with Crippen LogP contribution in [0.2, 0.25) is 0 Å². The maximum Gasteiger partial charge on any atom is 0.340 e. The molecule has 0 N–H and O–H groups in total. The van der Waals surface area contributed by atoms with Crippen molar-refractivity contribution in [3.05, 3.63) is 77.7 Å². The zero-order chi connectivity index (χ0) is 24.2. The number of ketones is 1. The van der Waals surface area contributed by atoms with Crippen molar-refractivity contribution < 1.29 is 28.5 Å². The third kappa shape index (κ3) is 4.05. The highest BCUT2D eigenvalue weighted by Gasteiger charge is 2.24. The molecule has 0 aliphatic rings. The van der Waals surface area contributed by atoms with Crippen LogP contribution in [0.5, 0.6) is 17.2 Å². The van der Waals surface area contributed by atoms with Crippen molar-refractivity contribution >= 4 is 17.3 Å². The molecule has 0 saturated heterocycles. The molecular weight excluding hydrogens is 436 g/mol. The second-order valence-corrected chi connectivity index (χ2v) is 7.29. The van der Waals surface area contributed by atoms with Crippen molar-refractivity contribution in [1.29, 1.82) is 0 Å². The van der Waals surface area contributed by atoms with Crippen LogP contribution in [-0.2, 0) is 4.74 Å². The summed E-state index contributed by atoms with van der Waals surface area (Å²) in [5.41, 5.74) is 2.99. The van der Waals surface area contributed by atoms with Gasteiger partial charge in [-0.3, -0.25) is 9.78 Å². The van der Waals surface area contributed by atoms with Gasteiger partial charge in [-0.2, -0.15) is 0 Å². The summed E-state index contributed by atoms with van der Waals surface area (Å²) in [5, 5.41) is 0. The standard InChI is InChI=1S/C26H24N2O6/c1-5-34-26(30)18-15-21(24(29)17-13-22(31-2)25(33-4)23(14-17)32-3)28-11-9-16(12-20(18)28)19-8-6-7-10-27-19/h6-15H,5H2,1-4H3. The van der Waals surface area contributed by atoms with Crippen molar-refractivity contribution in [2.75, 3.05) is 27.9 Å². The molecule has 0 amide bonds. The Morgan fingerprint density at radius 1 is 0.941 bits per heavy atom. The Hall–Kier alpha value is -4.33. The number of fused-ring (bicyclic) bond motifs is 1. The van der Waals surface area contributed by atoms with Gasteiger partial charge in [0, 0.05) is 23.5 Å². The highest BCUT2D eigenvalue weighted by atomic mass is 16.5. The first-order valence-electron chi connectivity index (χ1n) is 10.6. The van der Waals surface area contributed by atoms with Crippen molar-refractivity contribution in [2.45, 2.75) is 6.92 Å². The van der Waals surface area contributed by atoms with Gasteiger partial charge in [0.05, 0.1) is 50.4 Å². The zero-order valence-electron chi connectivity index (χ0n) is 19.3. The van der Waals surface area contributed by atoms with E-state index in [1.165, 1.54) is 21.3 Å². The second kappa shape index (κ2) is 9.66. The molecule has 8 nitrogen and oxygen atoms in total. The molecule has 174 valence electrons. The van der Waals surface area contributed by atoms with Gasteiger partial charge < -0.3 is 23.3 Å². The molecule has 0 aliphatic heterocycles. The van der Waals surface area contributed by atoms with E-state index in [0.717, 1.165) is 11.3 Å². The molecule has 3 aromatic heterocycles. The van der Waals surface area contributed by atoms with Crippen LogP contribution in [0, 0.1) is 0 Å². The van der Waals surface area contributed by atoms with E-state index in [1.54, 1.807) is 41.9 Å². The summed E-state index contributed by atoms with van der Waals surface area (Å²) in [6, 6.07) is 14.0. The molecular formula is C26H24N2O6. The average molecular weight is 460 g/mol. The van der Waals surface area contributed by atoms with Crippen molar-refractivity contribution in [1.82, 2.24) is 9.38 Å². The Morgan fingerprint density at radius 2 is 1.68 bits per heavy atom. The van der Waals surface area contributed by atoms with Crippen LogP contribution in [0.4, 0.5) is 0 Å². The highest BCUT2D eigenvalue weighted by molar-refractivity contribution is 6.12.